The number of pyridine rings is 1. The van der Waals surface area contributed by atoms with Crippen molar-refractivity contribution in [1.29, 1.82) is 0 Å². The number of aryl methyl sites for hydroxylation is 1. The van der Waals surface area contributed by atoms with Gasteiger partial charge in [0.1, 0.15) is 5.82 Å². The predicted molar refractivity (Wildman–Crippen MR) is 118 cm³/mol. The van der Waals surface area contributed by atoms with Crippen LogP contribution in [0.4, 0.5) is 23.1 Å². The molecule has 1 saturated carbocycles. The minimum Gasteiger partial charge on any atom is -0.493 e. The van der Waals surface area contributed by atoms with Crippen LogP contribution in [0.1, 0.15) is 31.2 Å². The van der Waals surface area contributed by atoms with Crippen LogP contribution in [0.3, 0.4) is 0 Å². The van der Waals surface area contributed by atoms with Gasteiger partial charge in [0.15, 0.2) is 11.5 Å². The number of hydrogen-bond acceptors (Lipinski definition) is 8. The number of anilines is 4. The Morgan fingerprint density at radius 2 is 1.94 bits per heavy atom. The molecule has 0 atom stereocenters. The standard InChI is InChI=1S/C23H25N5O3/c1-29-20-13-16(7-8-19(20)31-18-5-2-6-18)27-23-24-10-9-21(28-23)26-17-12-15-4-3-11-30-22(15)25-14-17/h7-10,12-14,18H,2-6,11H2,1H3,(H2,24,26,27,28). The van der Waals surface area contributed by atoms with Crippen LogP contribution in [-0.2, 0) is 6.42 Å². The highest BCUT2D eigenvalue weighted by Crippen LogP contribution is 2.35. The second-order valence-electron chi connectivity index (χ2n) is 7.69. The van der Waals surface area contributed by atoms with Crippen molar-refractivity contribution in [3.63, 3.8) is 0 Å². The molecule has 160 valence electrons. The zero-order valence-corrected chi connectivity index (χ0v) is 17.4. The van der Waals surface area contributed by atoms with Gasteiger partial charge in [-0.15, -0.1) is 0 Å². The molecule has 0 bridgehead atoms. The summed E-state index contributed by atoms with van der Waals surface area (Å²) in [5.74, 6) is 3.33. The summed E-state index contributed by atoms with van der Waals surface area (Å²) in [5, 5.41) is 6.52. The molecule has 2 N–H and O–H groups in total. The maximum absolute atomic E-state index is 5.99. The first-order chi connectivity index (χ1) is 15.3. The minimum absolute atomic E-state index is 0.295. The Hall–Kier alpha value is -3.55. The summed E-state index contributed by atoms with van der Waals surface area (Å²) < 4.78 is 17.1. The molecule has 1 aromatic carbocycles. The molecule has 2 aromatic heterocycles. The van der Waals surface area contributed by atoms with Gasteiger partial charge in [0.25, 0.3) is 0 Å². The van der Waals surface area contributed by atoms with E-state index in [4.69, 9.17) is 14.2 Å². The van der Waals surface area contributed by atoms with Crippen LogP contribution in [0, 0.1) is 0 Å². The summed E-state index contributed by atoms with van der Waals surface area (Å²) in [4.78, 5) is 13.3. The molecule has 8 heteroatoms. The third-order valence-corrected chi connectivity index (χ3v) is 5.45. The number of hydrogen-bond donors (Lipinski definition) is 2. The maximum atomic E-state index is 5.99. The van der Waals surface area contributed by atoms with Crippen LogP contribution >= 0.6 is 0 Å². The fourth-order valence-corrected chi connectivity index (χ4v) is 3.58. The van der Waals surface area contributed by atoms with Crippen molar-refractivity contribution in [2.24, 2.45) is 0 Å². The van der Waals surface area contributed by atoms with Crippen molar-refractivity contribution in [2.75, 3.05) is 24.4 Å². The van der Waals surface area contributed by atoms with Crippen LogP contribution < -0.4 is 24.8 Å². The third-order valence-electron chi connectivity index (χ3n) is 5.45. The fourth-order valence-electron chi connectivity index (χ4n) is 3.58. The number of nitrogens with zero attached hydrogens (tertiary/aromatic N) is 3. The second-order valence-corrected chi connectivity index (χ2v) is 7.69. The average molecular weight is 419 g/mol. The first-order valence-electron chi connectivity index (χ1n) is 10.6. The Labute approximate surface area is 181 Å². The molecule has 3 aromatic rings. The zero-order chi connectivity index (χ0) is 21.0. The minimum atomic E-state index is 0.295. The summed E-state index contributed by atoms with van der Waals surface area (Å²) in [5.41, 5.74) is 2.80. The van der Waals surface area contributed by atoms with Crippen molar-refractivity contribution in [1.82, 2.24) is 15.0 Å². The second kappa shape index (κ2) is 8.67. The van der Waals surface area contributed by atoms with E-state index < -0.39 is 0 Å². The van der Waals surface area contributed by atoms with Crippen LogP contribution in [-0.4, -0.2) is 34.8 Å². The summed E-state index contributed by atoms with van der Waals surface area (Å²) in [6.07, 6.45) is 9.16. The predicted octanol–water partition coefficient (Wildman–Crippen LogP) is 4.62. The molecule has 0 radical (unpaired) electrons. The number of methoxy groups -OCH3 is 1. The quantitative estimate of drug-likeness (QED) is 0.573. The SMILES string of the molecule is COc1cc(Nc2nccc(Nc3cnc4c(c3)CCCO4)n2)ccc1OC1CCC1. The van der Waals surface area contributed by atoms with Crippen LogP contribution in [0.5, 0.6) is 17.4 Å². The van der Waals surface area contributed by atoms with E-state index in [2.05, 4.69) is 31.7 Å². The van der Waals surface area contributed by atoms with Crippen molar-refractivity contribution < 1.29 is 14.2 Å². The smallest absolute Gasteiger partial charge is 0.229 e. The monoisotopic (exact) mass is 419 g/mol. The van der Waals surface area contributed by atoms with E-state index in [0.717, 1.165) is 60.9 Å². The lowest BCUT2D eigenvalue weighted by molar-refractivity contribution is 0.116. The zero-order valence-electron chi connectivity index (χ0n) is 17.4. The largest absolute Gasteiger partial charge is 0.493 e. The van der Waals surface area contributed by atoms with Gasteiger partial charge in [0.05, 0.1) is 31.7 Å². The Balaban J connectivity index is 1.29. The molecule has 0 unspecified atom stereocenters. The lowest BCUT2D eigenvalue weighted by Crippen LogP contribution is -2.24. The van der Waals surface area contributed by atoms with Crippen molar-refractivity contribution >= 4 is 23.1 Å². The molecular formula is C23H25N5O3. The number of aromatic nitrogens is 3. The molecule has 0 amide bonds. The van der Waals surface area contributed by atoms with Gasteiger partial charge in [-0.3, -0.25) is 0 Å². The molecule has 0 spiro atoms. The van der Waals surface area contributed by atoms with Crippen LogP contribution in [0.2, 0.25) is 0 Å². The number of rotatable bonds is 7. The number of nitrogens with one attached hydrogen (secondary N) is 2. The van der Waals surface area contributed by atoms with Gasteiger partial charge >= 0.3 is 0 Å². The number of fused-ring (bicyclic) bond motifs is 1. The van der Waals surface area contributed by atoms with Gasteiger partial charge in [-0.05, 0) is 56.4 Å². The highest BCUT2D eigenvalue weighted by molar-refractivity contribution is 5.62. The summed E-state index contributed by atoms with van der Waals surface area (Å²) in [7, 11) is 1.64. The molecule has 1 aliphatic heterocycles. The fraction of sp³-hybridized carbons (Fsp3) is 0.348. The van der Waals surface area contributed by atoms with E-state index in [1.807, 2.05) is 24.3 Å². The summed E-state index contributed by atoms with van der Waals surface area (Å²) in [6, 6.07) is 9.63. The van der Waals surface area contributed by atoms with Crippen molar-refractivity contribution in [3.05, 3.63) is 48.3 Å². The molecule has 1 aliphatic carbocycles. The molecule has 5 rings (SSSR count). The van der Waals surface area contributed by atoms with Gasteiger partial charge in [0, 0.05) is 23.5 Å². The summed E-state index contributed by atoms with van der Waals surface area (Å²) >= 11 is 0. The molecular weight excluding hydrogens is 394 g/mol. The molecule has 2 aliphatic rings. The van der Waals surface area contributed by atoms with Crippen LogP contribution in [0.25, 0.3) is 0 Å². The summed E-state index contributed by atoms with van der Waals surface area (Å²) in [6.45, 7) is 0.728. The van der Waals surface area contributed by atoms with Gasteiger partial charge in [-0.25, -0.2) is 9.97 Å². The molecule has 0 saturated heterocycles. The van der Waals surface area contributed by atoms with Crippen molar-refractivity contribution in [3.8, 4) is 17.4 Å². The van der Waals surface area contributed by atoms with E-state index in [0.29, 0.717) is 23.6 Å². The molecule has 8 nitrogen and oxygen atoms in total. The van der Waals surface area contributed by atoms with E-state index in [9.17, 15) is 0 Å². The maximum Gasteiger partial charge on any atom is 0.229 e. The van der Waals surface area contributed by atoms with Gasteiger partial charge in [-0.2, -0.15) is 4.98 Å². The van der Waals surface area contributed by atoms with Crippen LogP contribution in [0.15, 0.2) is 42.7 Å². The van der Waals surface area contributed by atoms with E-state index in [1.54, 1.807) is 19.5 Å². The number of benzene rings is 1. The Kier molecular flexibility index (Phi) is 5.43. The average Bonchev–Trinajstić information content (AvgIpc) is 2.77. The Bertz CT molecular complexity index is 1070. The lowest BCUT2D eigenvalue weighted by Gasteiger charge is -2.27. The Morgan fingerprint density at radius 3 is 2.77 bits per heavy atom. The first kappa shape index (κ1) is 19.4. The van der Waals surface area contributed by atoms with Gasteiger partial charge < -0.3 is 24.8 Å². The highest BCUT2D eigenvalue weighted by Gasteiger charge is 2.21. The molecule has 1 fully saturated rings. The Morgan fingerprint density at radius 1 is 1.00 bits per heavy atom. The first-order valence-corrected chi connectivity index (χ1v) is 10.6. The van der Waals surface area contributed by atoms with E-state index in [1.165, 1.54) is 6.42 Å². The third kappa shape index (κ3) is 4.47. The molecule has 31 heavy (non-hydrogen) atoms. The van der Waals surface area contributed by atoms with Gasteiger partial charge in [-0.1, -0.05) is 0 Å². The van der Waals surface area contributed by atoms with Crippen molar-refractivity contribution in [2.45, 2.75) is 38.2 Å². The topological polar surface area (TPSA) is 90.4 Å². The lowest BCUT2D eigenvalue weighted by atomic mass is 9.96. The normalized spacial score (nSPS) is 15.3. The van der Waals surface area contributed by atoms with E-state index >= 15 is 0 Å². The van der Waals surface area contributed by atoms with Gasteiger partial charge in [0.2, 0.25) is 11.8 Å². The molecule has 3 heterocycles. The highest BCUT2D eigenvalue weighted by atomic mass is 16.5. The van der Waals surface area contributed by atoms with E-state index in [-0.39, 0.29) is 0 Å². The number of ether oxygens (including phenoxy) is 3.